The van der Waals surface area contributed by atoms with Crippen molar-refractivity contribution in [3.05, 3.63) is 82.7 Å². The molecule has 26 heavy (non-hydrogen) atoms. The highest BCUT2D eigenvalue weighted by molar-refractivity contribution is 7.21. The number of carbonyl (C=O) groups excluding carboxylic acids is 1. The zero-order valence-electron chi connectivity index (χ0n) is 14.1. The largest absolute Gasteiger partial charge is 0.508 e. The minimum atomic E-state index is -0.0961. The first-order valence-electron chi connectivity index (χ1n) is 8.19. The monoisotopic (exact) mass is 360 g/mol. The average molecular weight is 360 g/mol. The van der Waals surface area contributed by atoms with E-state index in [1.165, 1.54) is 23.5 Å². The summed E-state index contributed by atoms with van der Waals surface area (Å²) in [5.74, 6) is 0.209. The van der Waals surface area contributed by atoms with E-state index in [4.69, 9.17) is 0 Å². The van der Waals surface area contributed by atoms with Gasteiger partial charge in [-0.2, -0.15) is 0 Å². The van der Waals surface area contributed by atoms with Gasteiger partial charge in [0.15, 0.2) is 0 Å². The normalized spacial score (nSPS) is 11.0. The van der Waals surface area contributed by atoms with Crippen LogP contribution in [0, 0.1) is 6.92 Å². The molecule has 2 N–H and O–H groups in total. The molecule has 0 atom stereocenters. The number of aryl methyl sites for hydroxylation is 1. The number of hydrogen-bond acceptors (Lipinski definition) is 4. The van der Waals surface area contributed by atoms with Gasteiger partial charge in [-0.15, -0.1) is 11.3 Å². The van der Waals surface area contributed by atoms with Crippen LogP contribution in [-0.4, -0.2) is 16.0 Å². The summed E-state index contributed by atoms with van der Waals surface area (Å²) in [4.78, 5) is 13.8. The van der Waals surface area contributed by atoms with Gasteiger partial charge in [0.1, 0.15) is 11.5 Å². The van der Waals surface area contributed by atoms with Crippen molar-refractivity contribution in [2.24, 2.45) is 0 Å². The van der Waals surface area contributed by atoms with Gasteiger partial charge in [-0.05, 0) is 55.0 Å². The molecule has 4 aromatic rings. The van der Waals surface area contributed by atoms with Crippen molar-refractivity contribution in [1.29, 1.82) is 0 Å². The lowest BCUT2D eigenvalue weighted by Gasteiger charge is -2.06. The molecule has 1 heterocycles. The number of carbonyl (C=O) groups is 1. The van der Waals surface area contributed by atoms with Crippen LogP contribution < -0.4 is 0 Å². The third-order valence-electron chi connectivity index (χ3n) is 4.35. The van der Waals surface area contributed by atoms with E-state index in [9.17, 15) is 15.0 Å². The highest BCUT2D eigenvalue weighted by atomic mass is 32.1. The third-order valence-corrected chi connectivity index (χ3v) is 5.50. The molecule has 0 spiro atoms. The van der Waals surface area contributed by atoms with Gasteiger partial charge in [0.05, 0.1) is 4.88 Å². The van der Waals surface area contributed by atoms with Crippen LogP contribution >= 0.6 is 11.3 Å². The fraction of sp³-hybridized carbons (Fsp3) is 0.0455. The molecule has 0 amide bonds. The van der Waals surface area contributed by atoms with E-state index in [1.54, 1.807) is 24.3 Å². The number of hydrogen-bond donors (Lipinski definition) is 2. The van der Waals surface area contributed by atoms with E-state index in [0.717, 1.165) is 26.8 Å². The summed E-state index contributed by atoms with van der Waals surface area (Å²) in [7, 11) is 0. The summed E-state index contributed by atoms with van der Waals surface area (Å²) in [5, 5.41) is 20.2. The van der Waals surface area contributed by atoms with Crippen molar-refractivity contribution < 1.29 is 15.0 Å². The Morgan fingerprint density at radius 3 is 2.19 bits per heavy atom. The van der Waals surface area contributed by atoms with E-state index < -0.39 is 0 Å². The molecule has 4 heteroatoms. The highest BCUT2D eigenvalue weighted by Gasteiger charge is 2.21. The van der Waals surface area contributed by atoms with E-state index >= 15 is 0 Å². The zero-order chi connectivity index (χ0) is 18.3. The Labute approximate surface area is 154 Å². The Morgan fingerprint density at radius 2 is 1.50 bits per heavy atom. The summed E-state index contributed by atoms with van der Waals surface area (Å²) in [6.07, 6.45) is 0. The molecular formula is C22H16O3S. The third kappa shape index (κ3) is 2.85. The van der Waals surface area contributed by atoms with Gasteiger partial charge in [-0.25, -0.2) is 0 Å². The van der Waals surface area contributed by atoms with Crippen molar-refractivity contribution in [3.63, 3.8) is 0 Å². The van der Waals surface area contributed by atoms with Crippen LogP contribution in [0.15, 0.2) is 66.7 Å². The van der Waals surface area contributed by atoms with Crippen molar-refractivity contribution in [3.8, 4) is 22.6 Å². The molecule has 0 unspecified atom stereocenters. The molecule has 0 fully saturated rings. The zero-order valence-corrected chi connectivity index (χ0v) is 14.9. The number of benzene rings is 3. The highest BCUT2D eigenvalue weighted by Crippen LogP contribution is 2.41. The van der Waals surface area contributed by atoms with Crippen molar-refractivity contribution in [2.75, 3.05) is 0 Å². The molecule has 128 valence electrons. The first kappa shape index (κ1) is 16.4. The SMILES string of the molecule is Cc1ccc(-c2c(C(=O)c3ccc(O)cc3)sc3cc(O)ccc23)cc1. The summed E-state index contributed by atoms with van der Waals surface area (Å²) in [6.45, 7) is 2.02. The second-order valence-corrected chi connectivity index (χ2v) is 7.28. The van der Waals surface area contributed by atoms with Gasteiger partial charge >= 0.3 is 0 Å². The van der Waals surface area contributed by atoms with E-state index in [0.29, 0.717) is 10.4 Å². The lowest BCUT2D eigenvalue weighted by atomic mass is 9.97. The minimum Gasteiger partial charge on any atom is -0.508 e. The van der Waals surface area contributed by atoms with Gasteiger partial charge in [0.2, 0.25) is 5.78 Å². The van der Waals surface area contributed by atoms with Crippen molar-refractivity contribution >= 4 is 27.2 Å². The summed E-state index contributed by atoms with van der Waals surface area (Å²) < 4.78 is 0.864. The molecule has 0 bridgehead atoms. The maximum Gasteiger partial charge on any atom is 0.203 e. The lowest BCUT2D eigenvalue weighted by Crippen LogP contribution is -2.00. The van der Waals surface area contributed by atoms with E-state index in [2.05, 4.69) is 0 Å². The molecule has 0 aliphatic carbocycles. The van der Waals surface area contributed by atoms with Gasteiger partial charge in [-0.3, -0.25) is 4.79 Å². The number of phenolic OH excluding ortho intramolecular Hbond substituents is 2. The Morgan fingerprint density at radius 1 is 0.846 bits per heavy atom. The number of aromatic hydroxyl groups is 2. The molecule has 0 aliphatic rings. The van der Waals surface area contributed by atoms with Gasteiger partial charge in [-0.1, -0.05) is 29.8 Å². The molecule has 0 saturated carbocycles. The molecular weight excluding hydrogens is 344 g/mol. The van der Waals surface area contributed by atoms with Crippen LogP contribution in [-0.2, 0) is 0 Å². The van der Waals surface area contributed by atoms with Gasteiger partial charge in [0.25, 0.3) is 0 Å². The van der Waals surface area contributed by atoms with Crippen LogP contribution in [0.1, 0.15) is 20.8 Å². The van der Waals surface area contributed by atoms with Gasteiger partial charge < -0.3 is 10.2 Å². The summed E-state index contributed by atoms with van der Waals surface area (Å²) >= 11 is 1.37. The number of rotatable bonds is 3. The maximum absolute atomic E-state index is 13.1. The topological polar surface area (TPSA) is 57.5 Å². The molecule has 3 aromatic carbocycles. The second kappa shape index (κ2) is 6.32. The summed E-state index contributed by atoms with van der Waals surface area (Å²) in [5.41, 5.74) is 3.52. The number of phenols is 2. The quantitative estimate of drug-likeness (QED) is 0.473. The number of ketones is 1. The Hall–Kier alpha value is -3.11. The van der Waals surface area contributed by atoms with Crippen molar-refractivity contribution in [1.82, 2.24) is 0 Å². The molecule has 0 saturated heterocycles. The van der Waals surface area contributed by atoms with Crippen LogP contribution in [0.3, 0.4) is 0 Å². The lowest BCUT2D eigenvalue weighted by molar-refractivity contribution is 0.104. The summed E-state index contributed by atoms with van der Waals surface area (Å²) in [6, 6.07) is 19.5. The second-order valence-electron chi connectivity index (χ2n) is 6.23. The maximum atomic E-state index is 13.1. The molecule has 0 aliphatic heterocycles. The fourth-order valence-corrected chi connectivity index (χ4v) is 4.22. The Bertz CT molecular complexity index is 1110. The van der Waals surface area contributed by atoms with Crippen LogP contribution in [0.2, 0.25) is 0 Å². The van der Waals surface area contributed by atoms with Gasteiger partial charge in [0, 0.05) is 21.2 Å². The van der Waals surface area contributed by atoms with E-state index in [-0.39, 0.29) is 17.3 Å². The van der Waals surface area contributed by atoms with Crippen LogP contribution in [0.25, 0.3) is 21.2 Å². The molecule has 3 nitrogen and oxygen atoms in total. The van der Waals surface area contributed by atoms with Crippen LogP contribution in [0.5, 0.6) is 11.5 Å². The first-order chi connectivity index (χ1) is 12.5. The Kier molecular flexibility index (Phi) is 3.98. The van der Waals surface area contributed by atoms with E-state index in [1.807, 2.05) is 37.3 Å². The Balaban J connectivity index is 1.95. The number of thiophene rings is 1. The predicted octanol–water partition coefficient (Wildman–Crippen LogP) is 5.52. The minimum absolute atomic E-state index is 0.0961. The predicted molar refractivity (Wildman–Crippen MR) is 105 cm³/mol. The molecule has 0 radical (unpaired) electrons. The smallest absolute Gasteiger partial charge is 0.203 e. The molecule has 1 aromatic heterocycles. The van der Waals surface area contributed by atoms with Crippen LogP contribution in [0.4, 0.5) is 0 Å². The fourth-order valence-electron chi connectivity index (χ4n) is 3.00. The van der Waals surface area contributed by atoms with Crippen molar-refractivity contribution in [2.45, 2.75) is 6.92 Å². The standard InChI is InChI=1S/C22H16O3S/c1-13-2-4-14(5-3-13)20-18-11-10-17(24)12-19(18)26-22(20)21(25)15-6-8-16(23)9-7-15/h2-12,23-24H,1H3. The number of fused-ring (bicyclic) bond motifs is 1. The first-order valence-corrected chi connectivity index (χ1v) is 9.01. The average Bonchev–Trinajstić information content (AvgIpc) is 3.01. The molecule has 4 rings (SSSR count).